The number of hydrogen-bond donors (Lipinski definition) is 1. The van der Waals surface area contributed by atoms with Gasteiger partial charge in [0.05, 0.1) is 12.3 Å². The first-order valence-corrected chi connectivity index (χ1v) is 6.77. The van der Waals surface area contributed by atoms with Crippen LogP contribution in [0.4, 0.5) is 0 Å². The lowest BCUT2D eigenvalue weighted by molar-refractivity contribution is 0.00449. The van der Waals surface area contributed by atoms with Crippen LogP contribution < -0.4 is 5.73 Å². The van der Waals surface area contributed by atoms with Gasteiger partial charge in [-0.15, -0.1) is 0 Å². The van der Waals surface area contributed by atoms with E-state index in [9.17, 15) is 0 Å². The molecule has 1 fully saturated rings. The van der Waals surface area contributed by atoms with Crippen molar-refractivity contribution in [2.45, 2.75) is 31.9 Å². The Morgan fingerprint density at radius 2 is 2.44 bits per heavy atom. The first-order chi connectivity index (χ1) is 8.69. The van der Waals surface area contributed by atoms with E-state index in [0.717, 1.165) is 31.8 Å². The quantitative estimate of drug-likeness (QED) is 0.846. The van der Waals surface area contributed by atoms with E-state index >= 15 is 0 Å². The van der Waals surface area contributed by atoms with Gasteiger partial charge in [-0.2, -0.15) is 5.10 Å². The van der Waals surface area contributed by atoms with Gasteiger partial charge in [0, 0.05) is 44.5 Å². The van der Waals surface area contributed by atoms with Gasteiger partial charge in [-0.3, -0.25) is 9.58 Å². The first kappa shape index (κ1) is 13.5. The maximum absolute atomic E-state index is 6.22. The van der Waals surface area contributed by atoms with Crippen LogP contribution in [0.5, 0.6) is 0 Å². The van der Waals surface area contributed by atoms with Crippen molar-refractivity contribution in [3.8, 4) is 0 Å². The number of nitrogens with two attached hydrogens (primary N) is 1. The normalized spacial score (nSPS) is 23.2. The summed E-state index contributed by atoms with van der Waals surface area (Å²) in [6.45, 7) is 5.86. The number of aromatic nitrogens is 2. The molecule has 18 heavy (non-hydrogen) atoms. The number of rotatable bonds is 5. The fourth-order valence-corrected chi connectivity index (χ4v) is 2.57. The lowest BCUT2D eigenvalue weighted by Gasteiger charge is -2.33. The van der Waals surface area contributed by atoms with Gasteiger partial charge in [0.1, 0.15) is 0 Å². The molecule has 5 heteroatoms. The van der Waals surface area contributed by atoms with Crippen LogP contribution in [0.15, 0.2) is 12.4 Å². The Kier molecular flexibility index (Phi) is 4.74. The second kappa shape index (κ2) is 6.31. The predicted molar refractivity (Wildman–Crippen MR) is 71.2 cm³/mol. The molecule has 0 aliphatic carbocycles. The molecular weight excluding hydrogens is 228 g/mol. The van der Waals surface area contributed by atoms with Crippen molar-refractivity contribution < 1.29 is 4.74 Å². The van der Waals surface area contributed by atoms with E-state index in [0.29, 0.717) is 6.10 Å². The van der Waals surface area contributed by atoms with E-state index in [1.807, 2.05) is 19.4 Å². The molecule has 5 nitrogen and oxygen atoms in total. The van der Waals surface area contributed by atoms with Crippen LogP contribution in [0.3, 0.4) is 0 Å². The summed E-state index contributed by atoms with van der Waals surface area (Å²) in [5.74, 6) is 0. The molecule has 2 heterocycles. The minimum atomic E-state index is 0.0408. The number of ether oxygens (including phenoxy) is 1. The second-order valence-electron chi connectivity index (χ2n) is 5.03. The van der Waals surface area contributed by atoms with Crippen LogP contribution in [-0.2, 0) is 11.8 Å². The van der Waals surface area contributed by atoms with E-state index < -0.39 is 0 Å². The summed E-state index contributed by atoms with van der Waals surface area (Å²) in [4.78, 5) is 2.40. The molecule has 0 aromatic carbocycles. The summed E-state index contributed by atoms with van der Waals surface area (Å²) in [5.41, 5.74) is 7.33. The maximum Gasteiger partial charge on any atom is 0.0702 e. The van der Waals surface area contributed by atoms with Crippen LogP contribution in [0.1, 0.15) is 31.4 Å². The molecule has 1 aromatic heterocycles. The van der Waals surface area contributed by atoms with Crippen molar-refractivity contribution in [2.24, 2.45) is 12.8 Å². The van der Waals surface area contributed by atoms with Gasteiger partial charge >= 0.3 is 0 Å². The SMILES string of the molecule is CCOC1CCCN(CC(N)c2cnn(C)c2)C1. The van der Waals surface area contributed by atoms with Gasteiger partial charge in [-0.25, -0.2) is 0 Å². The molecule has 0 amide bonds. The van der Waals surface area contributed by atoms with E-state index in [-0.39, 0.29) is 6.04 Å². The van der Waals surface area contributed by atoms with Gasteiger partial charge in [0.2, 0.25) is 0 Å². The fourth-order valence-electron chi connectivity index (χ4n) is 2.57. The lowest BCUT2D eigenvalue weighted by Crippen LogP contribution is -2.42. The van der Waals surface area contributed by atoms with Crippen molar-refractivity contribution in [3.63, 3.8) is 0 Å². The van der Waals surface area contributed by atoms with Crippen LogP contribution in [0, 0.1) is 0 Å². The summed E-state index contributed by atoms with van der Waals surface area (Å²) < 4.78 is 7.51. The summed E-state index contributed by atoms with van der Waals surface area (Å²) in [6, 6.07) is 0.0408. The standard InChI is InChI=1S/C13H24N4O/c1-3-18-12-5-4-6-17(9-12)10-13(14)11-7-15-16(2)8-11/h7-8,12-13H,3-6,9-10,14H2,1-2H3. The van der Waals surface area contributed by atoms with Crippen molar-refractivity contribution in [1.82, 2.24) is 14.7 Å². The fraction of sp³-hybridized carbons (Fsp3) is 0.769. The molecule has 102 valence electrons. The Morgan fingerprint density at radius 1 is 1.61 bits per heavy atom. The molecule has 2 rings (SSSR count). The zero-order chi connectivity index (χ0) is 13.0. The lowest BCUT2D eigenvalue weighted by atomic mass is 10.1. The zero-order valence-electron chi connectivity index (χ0n) is 11.4. The van der Waals surface area contributed by atoms with Crippen molar-refractivity contribution in [3.05, 3.63) is 18.0 Å². The minimum Gasteiger partial charge on any atom is -0.377 e. The van der Waals surface area contributed by atoms with Gasteiger partial charge in [-0.1, -0.05) is 0 Å². The monoisotopic (exact) mass is 252 g/mol. The molecule has 0 spiro atoms. The Morgan fingerprint density at radius 3 is 3.11 bits per heavy atom. The highest BCUT2D eigenvalue weighted by molar-refractivity contribution is 5.10. The largest absolute Gasteiger partial charge is 0.377 e. The van der Waals surface area contributed by atoms with E-state index in [1.54, 1.807) is 4.68 Å². The summed E-state index contributed by atoms with van der Waals surface area (Å²) in [7, 11) is 1.92. The number of hydrogen-bond acceptors (Lipinski definition) is 4. The topological polar surface area (TPSA) is 56.3 Å². The first-order valence-electron chi connectivity index (χ1n) is 6.77. The molecule has 0 saturated carbocycles. The average Bonchev–Trinajstić information content (AvgIpc) is 2.77. The molecular formula is C13H24N4O. The van der Waals surface area contributed by atoms with Crippen molar-refractivity contribution >= 4 is 0 Å². The Labute approximate surface area is 109 Å². The third kappa shape index (κ3) is 3.54. The smallest absolute Gasteiger partial charge is 0.0702 e. The second-order valence-corrected chi connectivity index (χ2v) is 5.03. The van der Waals surface area contributed by atoms with E-state index in [2.05, 4.69) is 16.9 Å². The molecule has 2 unspecified atom stereocenters. The van der Waals surface area contributed by atoms with Crippen LogP contribution in [0.25, 0.3) is 0 Å². The predicted octanol–water partition coefficient (Wildman–Crippen LogP) is 0.921. The zero-order valence-corrected chi connectivity index (χ0v) is 11.4. The van der Waals surface area contributed by atoms with Crippen LogP contribution in [-0.4, -0.2) is 47.0 Å². The number of piperidine rings is 1. The highest BCUT2D eigenvalue weighted by atomic mass is 16.5. The van der Waals surface area contributed by atoms with E-state index in [4.69, 9.17) is 10.5 Å². The Hall–Kier alpha value is -0.910. The van der Waals surface area contributed by atoms with Gasteiger partial charge < -0.3 is 10.5 Å². The molecule has 2 N–H and O–H groups in total. The Balaban J connectivity index is 1.85. The Bertz CT molecular complexity index is 364. The number of nitrogens with zero attached hydrogens (tertiary/aromatic N) is 3. The van der Waals surface area contributed by atoms with Gasteiger partial charge in [0.25, 0.3) is 0 Å². The van der Waals surface area contributed by atoms with Gasteiger partial charge in [0.15, 0.2) is 0 Å². The van der Waals surface area contributed by atoms with Crippen molar-refractivity contribution in [1.29, 1.82) is 0 Å². The molecule has 2 atom stereocenters. The van der Waals surface area contributed by atoms with Crippen LogP contribution >= 0.6 is 0 Å². The summed E-state index contributed by atoms with van der Waals surface area (Å²) in [6.07, 6.45) is 6.60. The average molecular weight is 252 g/mol. The maximum atomic E-state index is 6.22. The minimum absolute atomic E-state index is 0.0408. The third-order valence-electron chi connectivity index (χ3n) is 3.47. The molecule has 1 aliphatic rings. The molecule has 0 radical (unpaired) electrons. The van der Waals surface area contributed by atoms with Crippen molar-refractivity contribution in [2.75, 3.05) is 26.2 Å². The molecule has 1 aromatic rings. The number of aryl methyl sites for hydroxylation is 1. The number of likely N-dealkylation sites (tertiary alicyclic amines) is 1. The third-order valence-corrected chi connectivity index (χ3v) is 3.47. The van der Waals surface area contributed by atoms with E-state index in [1.165, 1.54) is 12.8 Å². The summed E-state index contributed by atoms with van der Waals surface area (Å²) >= 11 is 0. The summed E-state index contributed by atoms with van der Waals surface area (Å²) in [5, 5.41) is 4.17. The van der Waals surface area contributed by atoms with Gasteiger partial charge in [-0.05, 0) is 26.3 Å². The molecule has 1 saturated heterocycles. The van der Waals surface area contributed by atoms with Crippen LogP contribution in [0.2, 0.25) is 0 Å². The molecule has 0 bridgehead atoms. The highest BCUT2D eigenvalue weighted by Crippen LogP contribution is 2.17. The molecule has 1 aliphatic heterocycles. The highest BCUT2D eigenvalue weighted by Gasteiger charge is 2.22.